The predicted molar refractivity (Wildman–Crippen MR) is 159 cm³/mol. The van der Waals surface area contributed by atoms with Crippen LogP contribution in [0.1, 0.15) is 79.6 Å². The van der Waals surface area contributed by atoms with Crippen molar-refractivity contribution in [2.75, 3.05) is 6.54 Å². The quantitative estimate of drug-likeness (QED) is 0.341. The molecule has 3 atom stereocenters. The average Bonchev–Trinajstić information content (AvgIpc) is 3.43. The molecule has 5 rings (SSSR count). The molecule has 0 bridgehead atoms. The second-order valence-electron chi connectivity index (χ2n) is 11.1. The van der Waals surface area contributed by atoms with Crippen LogP contribution in [0.25, 0.3) is 0 Å². The number of amides is 1. The van der Waals surface area contributed by atoms with Gasteiger partial charge in [-0.05, 0) is 86.1 Å². The number of aromatic nitrogens is 1. The molecule has 1 aromatic heterocycles. The largest absolute Gasteiger partial charge is 0.349 e. The summed E-state index contributed by atoms with van der Waals surface area (Å²) in [6.45, 7) is 7.85. The van der Waals surface area contributed by atoms with Gasteiger partial charge in [0.2, 0.25) is 15.9 Å². The van der Waals surface area contributed by atoms with Gasteiger partial charge in [0.1, 0.15) is 0 Å². The van der Waals surface area contributed by atoms with Crippen molar-refractivity contribution in [3.05, 3.63) is 87.7 Å². The Hall–Kier alpha value is -2.65. The number of nitrogens with one attached hydrogen (secondary N) is 2. The number of hydrogen-bond donors (Lipinski definition) is 2. The minimum absolute atomic E-state index is 0.0472. The highest BCUT2D eigenvalue weighted by atomic mass is 35.5. The summed E-state index contributed by atoms with van der Waals surface area (Å²) in [6.07, 6.45) is 5.95. The summed E-state index contributed by atoms with van der Waals surface area (Å²) in [6, 6.07) is 15.0. The molecule has 1 aliphatic carbocycles. The number of aryl methyl sites for hydroxylation is 2. The molecule has 1 amide bonds. The summed E-state index contributed by atoms with van der Waals surface area (Å²) in [5, 5.41) is 7.21. The first-order valence-corrected chi connectivity index (χ1v) is 16.1. The lowest BCUT2D eigenvalue weighted by Gasteiger charge is -2.36. The zero-order valence-electron chi connectivity index (χ0n) is 23.5. The lowest BCUT2D eigenvalue weighted by molar-refractivity contribution is -0.123. The maximum absolute atomic E-state index is 13.8. The minimum Gasteiger partial charge on any atom is -0.349 e. The zero-order valence-corrected chi connectivity index (χ0v) is 25.1. The van der Waals surface area contributed by atoms with Gasteiger partial charge < -0.3 is 15.2 Å². The number of carbonyl (C=O) groups excluding carboxylic acids is 1. The molecule has 214 valence electrons. The molecule has 3 unspecified atom stereocenters. The number of nitrogens with zero attached hydrogens (tertiary/aromatic N) is 2. The first-order valence-electron chi connectivity index (χ1n) is 14.2. The molecule has 0 radical (unpaired) electrons. The first kappa shape index (κ1) is 28.9. The fourth-order valence-electron chi connectivity index (χ4n) is 5.80. The van der Waals surface area contributed by atoms with Gasteiger partial charge in [-0.15, -0.1) is 0 Å². The topological polar surface area (TPSA) is 83.4 Å². The molecule has 0 saturated heterocycles. The Kier molecular flexibility index (Phi) is 8.71. The number of hydrogen-bond acceptors (Lipinski definition) is 4. The second-order valence-corrected chi connectivity index (χ2v) is 13.4. The summed E-state index contributed by atoms with van der Waals surface area (Å²) >= 11 is 6.29. The third-order valence-electron chi connectivity index (χ3n) is 8.37. The van der Waals surface area contributed by atoms with E-state index in [1.165, 1.54) is 21.5 Å². The van der Waals surface area contributed by atoms with Gasteiger partial charge in [0.05, 0.1) is 17.0 Å². The standard InChI is InChI=1S/C31H39ClN4O3S/c1-4-22(3)33-20-23-11-13-26-24(17-23)7-5-8-28(26)34-31(37)19-30-29-9-6-14-35(29)15-16-36(30)40(38,39)25-12-10-21(2)27(32)18-25/h6,9-14,17-18,22,28,30,33H,4-5,7-8,15-16,19-20H2,1-3H3,(H,34,37). The molecular formula is C31H39ClN4O3S. The fraction of sp³-hybridized carbons (Fsp3) is 0.452. The van der Waals surface area contributed by atoms with Crippen LogP contribution in [0.2, 0.25) is 5.02 Å². The van der Waals surface area contributed by atoms with Crippen LogP contribution >= 0.6 is 11.6 Å². The maximum Gasteiger partial charge on any atom is 0.243 e. The molecule has 0 fully saturated rings. The van der Waals surface area contributed by atoms with Crippen molar-refractivity contribution in [3.8, 4) is 0 Å². The first-order chi connectivity index (χ1) is 19.2. The van der Waals surface area contributed by atoms with Crippen molar-refractivity contribution in [2.45, 2.75) is 89.0 Å². The molecule has 2 aromatic carbocycles. The molecule has 0 saturated carbocycles. The Balaban J connectivity index is 1.34. The van der Waals surface area contributed by atoms with E-state index in [1.54, 1.807) is 12.1 Å². The molecule has 3 aromatic rings. The molecule has 7 nitrogen and oxygen atoms in total. The van der Waals surface area contributed by atoms with Crippen LogP contribution in [0, 0.1) is 6.92 Å². The Morgan fingerprint density at radius 3 is 2.75 bits per heavy atom. The Morgan fingerprint density at radius 1 is 1.15 bits per heavy atom. The Morgan fingerprint density at radius 2 is 1.98 bits per heavy atom. The Bertz CT molecular complexity index is 1490. The van der Waals surface area contributed by atoms with Crippen LogP contribution in [0.5, 0.6) is 0 Å². The normalized spacial score (nSPS) is 20.0. The van der Waals surface area contributed by atoms with E-state index in [4.69, 9.17) is 11.6 Å². The molecule has 0 spiro atoms. The molecule has 2 heterocycles. The third kappa shape index (κ3) is 6.00. The van der Waals surface area contributed by atoms with Crippen molar-refractivity contribution in [3.63, 3.8) is 0 Å². The summed E-state index contributed by atoms with van der Waals surface area (Å²) in [7, 11) is -3.87. The molecule has 2 aliphatic rings. The van der Waals surface area contributed by atoms with Crippen LogP contribution in [0.3, 0.4) is 0 Å². The minimum atomic E-state index is -3.87. The van der Waals surface area contributed by atoms with Crippen molar-refractivity contribution < 1.29 is 13.2 Å². The molecular weight excluding hydrogens is 544 g/mol. The van der Waals surface area contributed by atoms with Gasteiger partial charge in [0.15, 0.2) is 0 Å². The second kappa shape index (κ2) is 12.1. The summed E-state index contributed by atoms with van der Waals surface area (Å²) in [4.78, 5) is 13.7. The summed E-state index contributed by atoms with van der Waals surface area (Å²) < 4.78 is 31.1. The van der Waals surface area contributed by atoms with Crippen LogP contribution in [0.4, 0.5) is 0 Å². The van der Waals surface area contributed by atoms with E-state index in [2.05, 4.69) is 42.7 Å². The molecule has 40 heavy (non-hydrogen) atoms. The lowest BCUT2D eigenvalue weighted by Crippen LogP contribution is -2.44. The van der Waals surface area contributed by atoms with E-state index < -0.39 is 16.1 Å². The number of sulfonamides is 1. The smallest absolute Gasteiger partial charge is 0.243 e. The van der Waals surface area contributed by atoms with E-state index in [-0.39, 0.29) is 29.8 Å². The molecule has 2 N–H and O–H groups in total. The Labute approximate surface area is 243 Å². The third-order valence-corrected chi connectivity index (χ3v) is 10.7. The highest BCUT2D eigenvalue weighted by Crippen LogP contribution is 2.36. The lowest BCUT2D eigenvalue weighted by atomic mass is 9.86. The zero-order chi connectivity index (χ0) is 28.4. The highest BCUT2D eigenvalue weighted by Gasteiger charge is 2.38. The monoisotopic (exact) mass is 582 g/mol. The van der Waals surface area contributed by atoms with Gasteiger partial charge in [0.25, 0.3) is 0 Å². The van der Waals surface area contributed by atoms with Crippen LogP contribution in [-0.4, -0.2) is 35.8 Å². The average molecular weight is 583 g/mol. The number of carbonyl (C=O) groups is 1. The van der Waals surface area contributed by atoms with Gasteiger partial charge >= 0.3 is 0 Å². The number of halogens is 1. The van der Waals surface area contributed by atoms with Crippen LogP contribution < -0.4 is 10.6 Å². The van der Waals surface area contributed by atoms with E-state index in [0.29, 0.717) is 17.6 Å². The number of benzene rings is 2. The van der Waals surface area contributed by atoms with Crippen molar-refractivity contribution in [1.29, 1.82) is 0 Å². The highest BCUT2D eigenvalue weighted by molar-refractivity contribution is 7.89. The van der Waals surface area contributed by atoms with Gasteiger partial charge in [-0.3, -0.25) is 4.79 Å². The maximum atomic E-state index is 13.8. The van der Waals surface area contributed by atoms with Crippen molar-refractivity contribution in [1.82, 2.24) is 19.5 Å². The van der Waals surface area contributed by atoms with Gasteiger partial charge in [-0.2, -0.15) is 4.31 Å². The van der Waals surface area contributed by atoms with Crippen molar-refractivity contribution >= 4 is 27.5 Å². The van der Waals surface area contributed by atoms with Gasteiger partial charge in [0, 0.05) is 49.0 Å². The van der Waals surface area contributed by atoms with Gasteiger partial charge in [-0.25, -0.2) is 8.42 Å². The van der Waals surface area contributed by atoms with Crippen molar-refractivity contribution in [2.24, 2.45) is 0 Å². The van der Waals surface area contributed by atoms with Crippen LogP contribution in [-0.2, 0) is 34.3 Å². The van der Waals surface area contributed by atoms with E-state index in [9.17, 15) is 13.2 Å². The van der Waals surface area contributed by atoms with Gasteiger partial charge in [-0.1, -0.05) is 42.8 Å². The van der Waals surface area contributed by atoms with Crippen LogP contribution in [0.15, 0.2) is 59.6 Å². The summed E-state index contributed by atoms with van der Waals surface area (Å²) in [5.41, 5.74) is 5.34. The van der Waals surface area contributed by atoms with E-state index in [0.717, 1.165) is 49.0 Å². The predicted octanol–water partition coefficient (Wildman–Crippen LogP) is 5.67. The number of fused-ring (bicyclic) bond motifs is 2. The molecule has 9 heteroatoms. The molecule has 1 aliphatic heterocycles. The number of rotatable bonds is 9. The fourth-order valence-corrected chi connectivity index (χ4v) is 7.66. The SMILES string of the molecule is CCC(C)NCc1ccc2c(c1)CCCC2NC(=O)CC1c2cccn2CCN1S(=O)(=O)c1ccc(C)c(Cl)c1. The van der Waals surface area contributed by atoms with E-state index >= 15 is 0 Å². The summed E-state index contributed by atoms with van der Waals surface area (Å²) in [5.74, 6) is -0.151. The van der Waals surface area contributed by atoms with E-state index in [1.807, 2.05) is 29.8 Å².